The molecular formula is C19H30F2O3S. The van der Waals surface area contributed by atoms with Gasteiger partial charge in [0.2, 0.25) is 9.84 Å². The second-order valence-electron chi connectivity index (χ2n) is 8.88. The molecule has 3 nitrogen and oxygen atoms in total. The van der Waals surface area contributed by atoms with Crippen LogP contribution >= 0.6 is 0 Å². The van der Waals surface area contributed by atoms with E-state index in [2.05, 4.69) is 6.92 Å². The number of halogens is 2. The normalized spacial score (nSPS) is 29.3. The molecule has 0 bridgehead atoms. The molecule has 25 heavy (non-hydrogen) atoms. The predicted molar refractivity (Wildman–Crippen MR) is 95.2 cm³/mol. The van der Waals surface area contributed by atoms with Crippen LogP contribution in [0.15, 0.2) is 11.6 Å². The molecule has 2 aliphatic rings. The lowest BCUT2D eigenvalue weighted by atomic mass is 9.63. The smallest absolute Gasteiger partial charge is 0.299 e. The van der Waals surface area contributed by atoms with Crippen LogP contribution in [0.1, 0.15) is 73.1 Å². The summed E-state index contributed by atoms with van der Waals surface area (Å²) in [5.74, 6) is 0.0901. The number of rotatable bonds is 5. The predicted octanol–water partition coefficient (Wildman–Crippen LogP) is 4.91. The maximum atomic E-state index is 14.4. The summed E-state index contributed by atoms with van der Waals surface area (Å²) in [6.45, 7) is 7.85. The van der Waals surface area contributed by atoms with Gasteiger partial charge in [0, 0.05) is 18.8 Å². The molecule has 144 valence electrons. The number of fused-ring (bicyclic) bond motifs is 1. The molecule has 1 saturated carbocycles. The Morgan fingerprint density at radius 3 is 2.48 bits per heavy atom. The van der Waals surface area contributed by atoms with Gasteiger partial charge in [-0.3, -0.25) is 4.79 Å². The Balaban J connectivity index is 2.11. The number of carbonyl (C=O) groups is 1. The summed E-state index contributed by atoms with van der Waals surface area (Å²) in [6, 6.07) is 0. The zero-order chi connectivity index (χ0) is 19.3. The van der Waals surface area contributed by atoms with E-state index in [1.165, 1.54) is 20.8 Å². The third-order valence-corrected chi connectivity index (χ3v) is 8.71. The number of ketones is 1. The number of hydrogen-bond donors (Lipinski definition) is 0. The second-order valence-corrected chi connectivity index (χ2v) is 11.7. The molecule has 0 aromatic heterocycles. The monoisotopic (exact) mass is 376 g/mol. The SMILES string of the molecule is CC(CCC(F)(F)S(=O)(=O)C(C)(C)C)C1=CCC2C(=O)CCCC12C. The zero-order valence-electron chi connectivity index (χ0n) is 15.9. The van der Waals surface area contributed by atoms with E-state index in [9.17, 15) is 22.0 Å². The van der Waals surface area contributed by atoms with E-state index in [-0.39, 0.29) is 29.5 Å². The highest BCUT2D eigenvalue weighted by Gasteiger charge is 2.52. The molecule has 2 aliphatic carbocycles. The molecule has 3 unspecified atom stereocenters. The Hall–Kier alpha value is -0.780. The lowest BCUT2D eigenvalue weighted by molar-refractivity contribution is -0.128. The Kier molecular flexibility index (Phi) is 5.28. The van der Waals surface area contributed by atoms with Crippen LogP contribution in [-0.2, 0) is 14.6 Å². The number of sulfone groups is 1. The van der Waals surface area contributed by atoms with Crippen molar-refractivity contribution in [3.8, 4) is 0 Å². The average molecular weight is 377 g/mol. The Labute approximate surface area is 150 Å². The fraction of sp³-hybridized carbons (Fsp3) is 0.842. The van der Waals surface area contributed by atoms with Gasteiger partial charge in [-0.15, -0.1) is 0 Å². The zero-order valence-corrected chi connectivity index (χ0v) is 16.7. The first kappa shape index (κ1) is 20.5. The molecule has 0 aromatic rings. The number of alkyl halides is 2. The van der Waals surface area contributed by atoms with Crippen LogP contribution in [-0.4, -0.2) is 24.2 Å². The van der Waals surface area contributed by atoms with Gasteiger partial charge in [-0.2, -0.15) is 8.78 Å². The number of allylic oxidation sites excluding steroid dienone is 2. The fourth-order valence-electron chi connectivity index (χ4n) is 4.44. The van der Waals surface area contributed by atoms with Crippen LogP contribution in [0.2, 0.25) is 0 Å². The first-order chi connectivity index (χ1) is 11.2. The molecule has 2 rings (SSSR count). The van der Waals surface area contributed by atoms with Gasteiger partial charge >= 0.3 is 5.25 Å². The molecular weight excluding hydrogens is 346 g/mol. The van der Waals surface area contributed by atoms with Crippen molar-refractivity contribution in [2.24, 2.45) is 17.3 Å². The summed E-state index contributed by atoms with van der Waals surface area (Å²) in [5, 5.41) is -3.73. The van der Waals surface area contributed by atoms with Gasteiger partial charge in [-0.05, 0) is 57.8 Å². The summed E-state index contributed by atoms with van der Waals surface area (Å²) in [7, 11) is -4.55. The first-order valence-electron chi connectivity index (χ1n) is 9.09. The minimum absolute atomic E-state index is 0.0301. The second kappa shape index (κ2) is 6.43. The molecule has 0 heterocycles. The molecule has 6 heteroatoms. The van der Waals surface area contributed by atoms with Crippen molar-refractivity contribution in [3.05, 3.63) is 11.6 Å². The highest BCUT2D eigenvalue weighted by Crippen LogP contribution is 2.54. The van der Waals surface area contributed by atoms with Gasteiger partial charge in [0.25, 0.3) is 0 Å². The Bertz CT molecular complexity index is 673. The van der Waals surface area contributed by atoms with E-state index >= 15 is 0 Å². The van der Waals surface area contributed by atoms with Crippen LogP contribution in [0.4, 0.5) is 8.78 Å². The minimum Gasteiger partial charge on any atom is -0.299 e. The maximum Gasteiger partial charge on any atom is 0.346 e. The van der Waals surface area contributed by atoms with Crippen LogP contribution < -0.4 is 0 Å². The van der Waals surface area contributed by atoms with Crippen molar-refractivity contribution in [2.75, 3.05) is 0 Å². The van der Waals surface area contributed by atoms with E-state index in [4.69, 9.17) is 0 Å². The molecule has 0 radical (unpaired) electrons. The molecule has 0 aliphatic heterocycles. The van der Waals surface area contributed by atoms with Crippen LogP contribution in [0, 0.1) is 17.3 Å². The largest absolute Gasteiger partial charge is 0.346 e. The first-order valence-corrected chi connectivity index (χ1v) is 10.6. The average Bonchev–Trinajstić information content (AvgIpc) is 2.82. The highest BCUT2D eigenvalue weighted by atomic mass is 32.2. The van der Waals surface area contributed by atoms with Crippen molar-refractivity contribution >= 4 is 15.6 Å². The lowest BCUT2D eigenvalue weighted by Gasteiger charge is -2.40. The maximum absolute atomic E-state index is 14.4. The molecule has 0 amide bonds. The Morgan fingerprint density at radius 1 is 1.32 bits per heavy atom. The molecule has 0 N–H and O–H groups in total. The number of Topliss-reactive ketones (excluding diaryl/α,β-unsaturated/α-hetero) is 1. The van der Waals surface area contributed by atoms with Gasteiger partial charge in [-0.1, -0.05) is 25.5 Å². The van der Waals surface area contributed by atoms with Gasteiger partial charge in [0.05, 0.1) is 4.75 Å². The molecule has 0 spiro atoms. The van der Waals surface area contributed by atoms with Gasteiger partial charge in [0.15, 0.2) is 0 Å². The molecule has 0 saturated heterocycles. The standard InChI is InChI=1S/C19H30F2O3S/c1-13(10-12-19(20,21)25(23,24)17(2,3)4)14-8-9-15-16(22)7-6-11-18(14,15)5/h8,13,15H,6-7,9-12H2,1-5H3. The van der Waals surface area contributed by atoms with E-state index in [1.807, 2.05) is 13.0 Å². The summed E-state index contributed by atoms with van der Waals surface area (Å²) in [5.41, 5.74) is 0.821. The van der Waals surface area contributed by atoms with Crippen molar-refractivity contribution in [1.29, 1.82) is 0 Å². The van der Waals surface area contributed by atoms with Crippen molar-refractivity contribution in [3.63, 3.8) is 0 Å². The molecule has 3 atom stereocenters. The Morgan fingerprint density at radius 2 is 1.92 bits per heavy atom. The topological polar surface area (TPSA) is 51.2 Å². The fourth-order valence-corrected chi connectivity index (χ4v) is 5.72. The number of hydrogen-bond acceptors (Lipinski definition) is 3. The van der Waals surface area contributed by atoms with Gasteiger partial charge < -0.3 is 0 Å². The van der Waals surface area contributed by atoms with Crippen LogP contribution in [0.5, 0.6) is 0 Å². The third-order valence-electron chi connectivity index (χ3n) is 6.11. The summed E-state index contributed by atoms with van der Waals surface area (Å²) in [6.07, 6.45) is 4.49. The van der Waals surface area contributed by atoms with Gasteiger partial charge in [-0.25, -0.2) is 8.42 Å². The minimum atomic E-state index is -4.55. The van der Waals surface area contributed by atoms with Crippen LogP contribution in [0.25, 0.3) is 0 Å². The summed E-state index contributed by atoms with van der Waals surface area (Å²) < 4.78 is 51.5. The molecule has 0 aromatic carbocycles. The van der Waals surface area contributed by atoms with E-state index in [1.54, 1.807) is 0 Å². The van der Waals surface area contributed by atoms with Crippen LogP contribution in [0.3, 0.4) is 0 Å². The summed E-state index contributed by atoms with van der Waals surface area (Å²) in [4.78, 5) is 12.2. The number of carbonyl (C=O) groups excluding carboxylic acids is 1. The van der Waals surface area contributed by atoms with E-state index in [0.717, 1.165) is 18.4 Å². The highest BCUT2D eigenvalue weighted by molar-refractivity contribution is 7.93. The van der Waals surface area contributed by atoms with E-state index in [0.29, 0.717) is 12.8 Å². The van der Waals surface area contributed by atoms with Crippen molar-refractivity contribution < 1.29 is 22.0 Å². The van der Waals surface area contributed by atoms with Gasteiger partial charge in [0.1, 0.15) is 5.78 Å². The van der Waals surface area contributed by atoms with Crippen molar-refractivity contribution in [1.82, 2.24) is 0 Å². The lowest BCUT2D eigenvalue weighted by Crippen LogP contribution is -2.42. The summed E-state index contributed by atoms with van der Waals surface area (Å²) >= 11 is 0. The quantitative estimate of drug-likeness (QED) is 0.640. The van der Waals surface area contributed by atoms with E-state index < -0.39 is 26.3 Å². The van der Waals surface area contributed by atoms with Crippen molar-refractivity contribution in [2.45, 2.75) is 83.1 Å². The third kappa shape index (κ3) is 3.43. The molecule has 1 fully saturated rings.